The van der Waals surface area contributed by atoms with Gasteiger partial charge in [0.1, 0.15) is 0 Å². The molecule has 2 aliphatic rings. The van der Waals surface area contributed by atoms with Gasteiger partial charge >= 0.3 is 0 Å². The van der Waals surface area contributed by atoms with Crippen molar-refractivity contribution in [2.45, 2.75) is 39.0 Å². The third-order valence-electron chi connectivity index (χ3n) is 4.21. The molecule has 0 aromatic carbocycles. The maximum Gasteiger partial charge on any atom is 0.0974 e. The summed E-state index contributed by atoms with van der Waals surface area (Å²) in [6, 6.07) is 0. The van der Waals surface area contributed by atoms with Crippen LogP contribution in [0.1, 0.15) is 26.7 Å². The second kappa shape index (κ2) is 5.55. The van der Waals surface area contributed by atoms with Gasteiger partial charge in [-0.15, -0.1) is 0 Å². The first kappa shape index (κ1) is 13.1. The van der Waals surface area contributed by atoms with E-state index in [1.165, 1.54) is 12.8 Å². The van der Waals surface area contributed by atoms with Crippen LogP contribution < -0.4 is 0 Å². The molecule has 2 atom stereocenters. The first-order chi connectivity index (χ1) is 8.59. The van der Waals surface area contributed by atoms with Crippen LogP contribution in [-0.2, 0) is 0 Å². The Hall–Kier alpha value is -1.32. The number of hydrogen-bond donors (Lipinski definition) is 0. The zero-order chi connectivity index (χ0) is 13.1. The van der Waals surface area contributed by atoms with Gasteiger partial charge in [0.05, 0.1) is 12.3 Å². The highest BCUT2D eigenvalue weighted by Crippen LogP contribution is 2.16. The number of unbranched alkanes of at least 4 members (excludes halogenated alkanes) is 1. The fourth-order valence-electron chi connectivity index (χ4n) is 2.46. The van der Waals surface area contributed by atoms with Crippen LogP contribution in [0.5, 0.6) is 0 Å². The predicted molar refractivity (Wildman–Crippen MR) is 75.4 cm³/mol. The third-order valence-corrected chi connectivity index (χ3v) is 4.21. The molecule has 0 amide bonds. The van der Waals surface area contributed by atoms with E-state index in [2.05, 4.69) is 72.3 Å². The maximum absolute atomic E-state index is 2.41. The molecule has 4 heteroatoms. The van der Waals surface area contributed by atoms with Crippen molar-refractivity contribution < 1.29 is 0 Å². The first-order valence-electron chi connectivity index (χ1n) is 6.91. The van der Waals surface area contributed by atoms with Gasteiger partial charge < -0.3 is 19.6 Å². The summed E-state index contributed by atoms with van der Waals surface area (Å²) < 4.78 is 0. The Morgan fingerprint density at radius 1 is 0.722 bits per heavy atom. The lowest BCUT2D eigenvalue weighted by Crippen LogP contribution is -2.35. The van der Waals surface area contributed by atoms with Gasteiger partial charge in [-0.25, -0.2) is 0 Å². The lowest BCUT2D eigenvalue weighted by Gasteiger charge is -2.29. The average molecular weight is 250 g/mol. The fraction of sp³-hybridized carbons (Fsp3) is 0.714. The summed E-state index contributed by atoms with van der Waals surface area (Å²) in [7, 11) is 4.27. The summed E-state index contributed by atoms with van der Waals surface area (Å²) in [4.78, 5) is 9.32. The van der Waals surface area contributed by atoms with Crippen molar-refractivity contribution in [3.05, 3.63) is 24.8 Å². The Morgan fingerprint density at radius 2 is 1.11 bits per heavy atom. The second-order valence-corrected chi connectivity index (χ2v) is 5.37. The van der Waals surface area contributed by atoms with E-state index >= 15 is 0 Å². The Labute approximate surface area is 111 Å². The zero-order valence-corrected chi connectivity index (χ0v) is 12.1. The molecular formula is C14H26N4. The molecule has 0 bridgehead atoms. The van der Waals surface area contributed by atoms with Crippen LogP contribution in [0.2, 0.25) is 0 Å². The van der Waals surface area contributed by atoms with Crippen LogP contribution in [-0.4, -0.2) is 59.1 Å². The van der Waals surface area contributed by atoms with Crippen LogP contribution in [0.15, 0.2) is 24.8 Å². The van der Waals surface area contributed by atoms with Crippen molar-refractivity contribution in [2.24, 2.45) is 0 Å². The van der Waals surface area contributed by atoms with E-state index in [-0.39, 0.29) is 0 Å². The summed E-state index contributed by atoms with van der Waals surface area (Å²) in [6.45, 7) is 6.81. The topological polar surface area (TPSA) is 13.0 Å². The summed E-state index contributed by atoms with van der Waals surface area (Å²) in [5.41, 5.74) is 0. The van der Waals surface area contributed by atoms with Gasteiger partial charge in [-0.05, 0) is 26.7 Å². The monoisotopic (exact) mass is 250 g/mol. The highest BCUT2D eigenvalue weighted by Gasteiger charge is 2.19. The third kappa shape index (κ3) is 2.74. The molecule has 0 saturated carbocycles. The van der Waals surface area contributed by atoms with Crippen LogP contribution >= 0.6 is 0 Å². The molecule has 18 heavy (non-hydrogen) atoms. The normalized spacial score (nSPS) is 26.9. The summed E-state index contributed by atoms with van der Waals surface area (Å²) in [5.74, 6) is 0. The number of nitrogens with zero attached hydrogens (tertiary/aromatic N) is 4. The average Bonchev–Trinajstić information content (AvgIpc) is 2.83. The van der Waals surface area contributed by atoms with Gasteiger partial charge in [0.2, 0.25) is 0 Å². The highest BCUT2D eigenvalue weighted by atomic mass is 15.4. The second-order valence-electron chi connectivity index (χ2n) is 5.37. The molecular weight excluding hydrogens is 224 g/mol. The Morgan fingerprint density at radius 3 is 1.39 bits per heavy atom. The molecule has 2 heterocycles. The van der Waals surface area contributed by atoms with E-state index in [1.807, 2.05) is 0 Å². The highest BCUT2D eigenvalue weighted by molar-refractivity contribution is 4.94. The van der Waals surface area contributed by atoms with Gasteiger partial charge in [0.25, 0.3) is 0 Å². The van der Waals surface area contributed by atoms with Gasteiger partial charge in [-0.2, -0.15) is 0 Å². The van der Waals surface area contributed by atoms with Crippen LogP contribution in [0.25, 0.3) is 0 Å². The van der Waals surface area contributed by atoms with Gasteiger partial charge in [-0.3, -0.25) is 0 Å². The fourth-order valence-corrected chi connectivity index (χ4v) is 2.46. The van der Waals surface area contributed by atoms with E-state index in [0.717, 1.165) is 13.1 Å². The quantitative estimate of drug-likeness (QED) is 0.691. The van der Waals surface area contributed by atoms with E-state index in [9.17, 15) is 0 Å². The number of hydrogen-bond acceptors (Lipinski definition) is 4. The van der Waals surface area contributed by atoms with Crippen LogP contribution in [0.4, 0.5) is 0 Å². The van der Waals surface area contributed by atoms with Gasteiger partial charge in [0, 0.05) is 52.0 Å². The molecule has 2 rings (SSSR count). The summed E-state index contributed by atoms with van der Waals surface area (Å²) in [6.07, 6.45) is 12.3. The molecule has 0 saturated heterocycles. The lowest BCUT2D eigenvalue weighted by molar-refractivity contribution is 0.176. The summed E-state index contributed by atoms with van der Waals surface area (Å²) >= 11 is 0. The van der Waals surface area contributed by atoms with Crippen molar-refractivity contribution in [1.29, 1.82) is 0 Å². The minimum Gasteiger partial charge on any atom is -0.359 e. The minimum atomic E-state index is 0.515. The summed E-state index contributed by atoms with van der Waals surface area (Å²) in [5, 5.41) is 0. The molecule has 0 N–H and O–H groups in total. The van der Waals surface area contributed by atoms with Crippen LogP contribution in [0, 0.1) is 0 Å². The number of rotatable bonds is 5. The Bertz CT molecular complexity index is 294. The standard InChI is InChI=1S/C14H26N4/c1-13-15(3)9-11-17(13)7-5-6-8-18-12-10-16(4)14(18)2/h9-14H,5-8H2,1-4H3. The molecule has 0 aromatic rings. The smallest absolute Gasteiger partial charge is 0.0974 e. The lowest BCUT2D eigenvalue weighted by atomic mass is 10.2. The van der Waals surface area contributed by atoms with Gasteiger partial charge in [0.15, 0.2) is 0 Å². The molecule has 0 radical (unpaired) electrons. The molecule has 0 aromatic heterocycles. The maximum atomic E-state index is 2.41. The predicted octanol–water partition coefficient (Wildman–Crippen LogP) is 1.90. The molecule has 102 valence electrons. The first-order valence-corrected chi connectivity index (χ1v) is 6.91. The zero-order valence-electron chi connectivity index (χ0n) is 12.1. The van der Waals surface area contributed by atoms with Crippen molar-refractivity contribution in [3.8, 4) is 0 Å². The van der Waals surface area contributed by atoms with Gasteiger partial charge in [-0.1, -0.05) is 0 Å². The Balaban J connectivity index is 1.62. The minimum absolute atomic E-state index is 0.515. The van der Waals surface area contributed by atoms with Crippen molar-refractivity contribution >= 4 is 0 Å². The van der Waals surface area contributed by atoms with Crippen LogP contribution in [0.3, 0.4) is 0 Å². The Kier molecular flexibility index (Phi) is 4.04. The molecule has 2 aliphatic heterocycles. The van der Waals surface area contributed by atoms with Crippen molar-refractivity contribution in [1.82, 2.24) is 19.6 Å². The molecule has 2 unspecified atom stereocenters. The van der Waals surface area contributed by atoms with E-state index in [1.54, 1.807) is 0 Å². The molecule has 0 fully saturated rings. The van der Waals surface area contributed by atoms with E-state index in [0.29, 0.717) is 12.3 Å². The molecule has 0 aliphatic carbocycles. The SMILES string of the molecule is CC1N(C)C=CN1CCCCN1C=CN(C)C1C. The van der Waals surface area contributed by atoms with Crippen molar-refractivity contribution in [2.75, 3.05) is 27.2 Å². The van der Waals surface area contributed by atoms with E-state index < -0.39 is 0 Å². The molecule has 4 nitrogen and oxygen atoms in total. The largest absolute Gasteiger partial charge is 0.359 e. The van der Waals surface area contributed by atoms with Crippen molar-refractivity contribution in [3.63, 3.8) is 0 Å². The molecule has 0 spiro atoms. The van der Waals surface area contributed by atoms with E-state index in [4.69, 9.17) is 0 Å².